The Morgan fingerprint density at radius 2 is 2.00 bits per heavy atom. The minimum absolute atomic E-state index is 0.141. The summed E-state index contributed by atoms with van der Waals surface area (Å²) < 4.78 is 10.6. The van der Waals surface area contributed by atoms with Crippen molar-refractivity contribution in [3.05, 3.63) is 57.3 Å². The number of likely N-dealkylation sites (tertiary alicyclic amines) is 1. The zero-order valence-electron chi connectivity index (χ0n) is 18.4. The number of carbonyl (C=O) groups excluding carboxylic acids is 2. The van der Waals surface area contributed by atoms with Crippen molar-refractivity contribution in [2.75, 3.05) is 46.5 Å². The lowest BCUT2D eigenvalue weighted by Gasteiger charge is -2.28. The number of ketones is 1. The third-order valence-corrected chi connectivity index (χ3v) is 6.94. The molecule has 2 aliphatic heterocycles. The summed E-state index contributed by atoms with van der Waals surface area (Å²) in [5, 5.41) is 13.1. The van der Waals surface area contributed by atoms with Gasteiger partial charge in [-0.05, 0) is 48.6 Å². The number of carbonyl (C=O) groups is 2. The van der Waals surface area contributed by atoms with Crippen LogP contribution in [0.3, 0.4) is 0 Å². The van der Waals surface area contributed by atoms with Crippen LogP contribution in [0.4, 0.5) is 0 Å². The molecule has 32 heavy (non-hydrogen) atoms. The highest BCUT2D eigenvalue weighted by Gasteiger charge is 2.46. The molecule has 0 bridgehead atoms. The van der Waals surface area contributed by atoms with Crippen LogP contribution in [-0.2, 0) is 14.3 Å². The molecule has 8 heteroatoms. The summed E-state index contributed by atoms with van der Waals surface area (Å²) >= 11 is 1.48. The molecular weight excluding hydrogens is 428 g/mol. The molecule has 1 aromatic carbocycles. The highest BCUT2D eigenvalue weighted by Crippen LogP contribution is 2.41. The third-order valence-electron chi connectivity index (χ3n) is 6.02. The molecule has 3 heterocycles. The molecular formula is C24H28N2O5S. The molecule has 0 aliphatic carbocycles. The summed E-state index contributed by atoms with van der Waals surface area (Å²) in [5.41, 5.74) is 1.45. The molecule has 7 nitrogen and oxygen atoms in total. The van der Waals surface area contributed by atoms with Crippen molar-refractivity contribution in [2.24, 2.45) is 0 Å². The van der Waals surface area contributed by atoms with E-state index in [2.05, 4.69) is 4.90 Å². The first-order valence-electron chi connectivity index (χ1n) is 10.8. The highest BCUT2D eigenvalue weighted by atomic mass is 32.1. The summed E-state index contributed by atoms with van der Waals surface area (Å²) in [6.45, 7) is 6.33. The van der Waals surface area contributed by atoms with Gasteiger partial charge in [0, 0.05) is 36.6 Å². The molecule has 1 amide bonds. The van der Waals surface area contributed by atoms with Crippen LogP contribution in [0.25, 0.3) is 5.76 Å². The number of hydrogen-bond donors (Lipinski definition) is 1. The van der Waals surface area contributed by atoms with Crippen molar-refractivity contribution in [3.8, 4) is 5.75 Å². The molecule has 0 spiro atoms. The first kappa shape index (κ1) is 22.5. The van der Waals surface area contributed by atoms with Crippen molar-refractivity contribution in [1.29, 1.82) is 0 Å². The fourth-order valence-electron chi connectivity index (χ4n) is 4.32. The molecule has 170 valence electrons. The summed E-state index contributed by atoms with van der Waals surface area (Å²) in [7, 11) is 1.58. The molecule has 2 aromatic rings. The van der Waals surface area contributed by atoms with Crippen molar-refractivity contribution in [2.45, 2.75) is 19.4 Å². The molecule has 0 unspecified atom stereocenters. The number of aryl methyl sites for hydroxylation is 1. The van der Waals surface area contributed by atoms with Gasteiger partial charge in [0.2, 0.25) is 0 Å². The standard InChI is InChI=1S/C24H28N2O5S/c1-16-15-17(30-2)6-7-18(16)22(27)20-21(19-5-3-14-32-19)26(24(29)23(20)28)9-4-8-25-10-12-31-13-11-25/h3,5-7,14-15,21,27H,4,8-13H2,1-2H3/b22-20+/t21-/m0/s1. The van der Waals surface area contributed by atoms with Crippen molar-refractivity contribution < 1.29 is 24.2 Å². The number of morpholine rings is 1. The van der Waals surface area contributed by atoms with Crippen LogP contribution in [0.2, 0.25) is 0 Å². The number of benzene rings is 1. The number of hydrogen-bond acceptors (Lipinski definition) is 7. The SMILES string of the molecule is COc1ccc(/C(O)=C2\C(=O)C(=O)N(CCCN3CCOCC3)[C@H]2c2cccs2)c(C)c1. The van der Waals surface area contributed by atoms with Gasteiger partial charge in [-0.3, -0.25) is 14.5 Å². The van der Waals surface area contributed by atoms with Crippen LogP contribution in [0, 0.1) is 6.92 Å². The van der Waals surface area contributed by atoms with E-state index in [9.17, 15) is 14.7 Å². The van der Waals surface area contributed by atoms with Crippen molar-refractivity contribution >= 4 is 28.8 Å². The zero-order chi connectivity index (χ0) is 22.7. The van der Waals surface area contributed by atoms with Crippen LogP contribution in [0.1, 0.15) is 28.5 Å². The Morgan fingerprint density at radius 1 is 1.22 bits per heavy atom. The molecule has 1 N–H and O–H groups in total. The van der Waals surface area contributed by atoms with Gasteiger partial charge in [0.25, 0.3) is 11.7 Å². The van der Waals surface area contributed by atoms with Gasteiger partial charge in [-0.1, -0.05) is 6.07 Å². The Bertz CT molecular complexity index is 1010. The Hall–Kier alpha value is -2.68. The second kappa shape index (κ2) is 9.85. The number of Topliss-reactive ketones (excluding diaryl/α,β-unsaturated/α-hetero) is 1. The van der Waals surface area contributed by atoms with Gasteiger partial charge in [0.15, 0.2) is 0 Å². The number of amides is 1. The molecule has 1 aromatic heterocycles. The topological polar surface area (TPSA) is 79.3 Å². The Labute approximate surface area is 191 Å². The summed E-state index contributed by atoms with van der Waals surface area (Å²) in [6.07, 6.45) is 0.747. The molecule has 2 aliphatic rings. The Morgan fingerprint density at radius 3 is 2.66 bits per heavy atom. The lowest BCUT2D eigenvalue weighted by atomic mass is 9.97. The number of methoxy groups -OCH3 is 1. The van der Waals surface area contributed by atoms with E-state index in [1.807, 2.05) is 24.4 Å². The van der Waals surface area contributed by atoms with E-state index in [-0.39, 0.29) is 11.3 Å². The minimum Gasteiger partial charge on any atom is -0.507 e. The lowest BCUT2D eigenvalue weighted by Crippen LogP contribution is -2.38. The first-order chi connectivity index (χ1) is 15.5. The predicted octanol–water partition coefficient (Wildman–Crippen LogP) is 3.21. The van der Waals surface area contributed by atoms with Gasteiger partial charge in [-0.2, -0.15) is 0 Å². The summed E-state index contributed by atoms with van der Waals surface area (Å²) in [4.78, 5) is 30.9. The zero-order valence-corrected chi connectivity index (χ0v) is 19.2. The van der Waals surface area contributed by atoms with E-state index in [4.69, 9.17) is 9.47 Å². The summed E-state index contributed by atoms with van der Waals surface area (Å²) in [6, 6.07) is 8.48. The fraction of sp³-hybridized carbons (Fsp3) is 0.417. The normalized spacial score (nSPS) is 21.3. The maximum Gasteiger partial charge on any atom is 0.295 e. The van der Waals surface area contributed by atoms with Crippen molar-refractivity contribution in [1.82, 2.24) is 9.80 Å². The van der Waals surface area contributed by atoms with Crippen LogP contribution in [-0.4, -0.2) is 73.1 Å². The Kier molecular flexibility index (Phi) is 6.93. The van der Waals surface area contributed by atoms with Gasteiger partial charge in [-0.15, -0.1) is 11.3 Å². The van der Waals surface area contributed by atoms with Gasteiger partial charge in [-0.25, -0.2) is 0 Å². The monoisotopic (exact) mass is 456 g/mol. The third kappa shape index (κ3) is 4.44. The van der Waals surface area contributed by atoms with E-state index in [1.54, 1.807) is 30.2 Å². The largest absolute Gasteiger partial charge is 0.507 e. The van der Waals surface area contributed by atoms with Gasteiger partial charge in [0.05, 0.1) is 31.9 Å². The number of thiophene rings is 1. The maximum absolute atomic E-state index is 13.1. The van der Waals surface area contributed by atoms with Crippen LogP contribution in [0.5, 0.6) is 5.75 Å². The van der Waals surface area contributed by atoms with Gasteiger partial charge in [0.1, 0.15) is 11.5 Å². The second-order valence-corrected chi connectivity index (χ2v) is 8.98. The number of aliphatic hydroxyl groups is 1. The van der Waals surface area contributed by atoms with Gasteiger partial charge >= 0.3 is 0 Å². The highest BCUT2D eigenvalue weighted by molar-refractivity contribution is 7.10. The van der Waals surface area contributed by atoms with E-state index in [1.165, 1.54) is 11.3 Å². The number of nitrogens with zero attached hydrogens (tertiary/aromatic N) is 2. The second-order valence-electron chi connectivity index (χ2n) is 8.00. The van der Waals surface area contributed by atoms with Gasteiger partial charge < -0.3 is 19.5 Å². The molecule has 2 saturated heterocycles. The average Bonchev–Trinajstić information content (AvgIpc) is 3.42. The quantitative estimate of drug-likeness (QED) is 0.392. The fourth-order valence-corrected chi connectivity index (χ4v) is 5.16. The number of ether oxygens (including phenoxy) is 2. The predicted molar refractivity (Wildman–Crippen MR) is 123 cm³/mol. The Balaban J connectivity index is 1.64. The van der Waals surface area contributed by atoms with Crippen LogP contribution < -0.4 is 4.74 Å². The molecule has 1 atom stereocenters. The van der Waals surface area contributed by atoms with Crippen LogP contribution in [0.15, 0.2) is 41.3 Å². The molecule has 0 saturated carbocycles. The maximum atomic E-state index is 13.1. The van der Waals surface area contributed by atoms with E-state index in [0.29, 0.717) is 17.9 Å². The van der Waals surface area contributed by atoms with Crippen LogP contribution >= 0.6 is 11.3 Å². The smallest absolute Gasteiger partial charge is 0.295 e. The lowest BCUT2D eigenvalue weighted by molar-refractivity contribution is -0.140. The van der Waals surface area contributed by atoms with E-state index in [0.717, 1.165) is 49.7 Å². The average molecular weight is 457 g/mol. The first-order valence-corrected chi connectivity index (χ1v) is 11.7. The summed E-state index contributed by atoms with van der Waals surface area (Å²) in [5.74, 6) is -0.671. The number of aliphatic hydroxyl groups excluding tert-OH is 1. The molecule has 0 radical (unpaired) electrons. The van der Waals surface area contributed by atoms with E-state index >= 15 is 0 Å². The number of rotatable bonds is 7. The van der Waals surface area contributed by atoms with E-state index < -0.39 is 17.7 Å². The minimum atomic E-state index is -0.637. The van der Waals surface area contributed by atoms with Crippen molar-refractivity contribution in [3.63, 3.8) is 0 Å². The molecule has 4 rings (SSSR count). The molecule has 2 fully saturated rings.